The third-order valence-electron chi connectivity index (χ3n) is 1.47. The maximum Gasteiger partial charge on any atom is 0.203 e. The van der Waals surface area contributed by atoms with Crippen molar-refractivity contribution in [3.8, 4) is 0 Å². The summed E-state index contributed by atoms with van der Waals surface area (Å²) in [5.74, 6) is 0. The van der Waals surface area contributed by atoms with Crippen molar-refractivity contribution in [2.45, 2.75) is 33.0 Å². The number of nitrogens with two attached hydrogens (primary N) is 1. The van der Waals surface area contributed by atoms with Crippen LogP contribution in [0.15, 0.2) is 0 Å². The van der Waals surface area contributed by atoms with Crippen LogP contribution < -0.4 is 5.73 Å². The van der Waals surface area contributed by atoms with Crippen LogP contribution in [0, 0.1) is 0 Å². The molecular weight excluding hydrogens is 214 g/mol. The van der Waals surface area contributed by atoms with Crippen LogP contribution in [0.3, 0.4) is 0 Å². The number of nitrogen functional groups attached to an aromatic ring is 1. The highest BCUT2D eigenvalue weighted by Crippen LogP contribution is 2.11. The summed E-state index contributed by atoms with van der Waals surface area (Å²) in [7, 11) is 0. The van der Waals surface area contributed by atoms with E-state index in [0.29, 0.717) is 25.0 Å². The fourth-order valence-electron chi connectivity index (χ4n) is 0.891. The minimum atomic E-state index is -0.115. The zero-order chi connectivity index (χ0) is 11.3. The molecule has 1 aromatic rings. The first-order valence-electron chi connectivity index (χ1n) is 4.77. The molecule has 0 aliphatic heterocycles. The van der Waals surface area contributed by atoms with Gasteiger partial charge in [0, 0.05) is 0 Å². The number of hydrogen-bond acceptors (Lipinski definition) is 6. The van der Waals surface area contributed by atoms with E-state index in [9.17, 15) is 0 Å². The van der Waals surface area contributed by atoms with Gasteiger partial charge in [-0.25, -0.2) is 0 Å². The van der Waals surface area contributed by atoms with E-state index in [-0.39, 0.29) is 5.60 Å². The average Bonchev–Trinajstić information content (AvgIpc) is 2.49. The van der Waals surface area contributed by atoms with Gasteiger partial charge in [0.15, 0.2) is 0 Å². The van der Waals surface area contributed by atoms with Gasteiger partial charge in [0.25, 0.3) is 0 Å². The molecule has 1 heterocycles. The Morgan fingerprint density at radius 3 is 2.53 bits per heavy atom. The highest BCUT2D eigenvalue weighted by atomic mass is 32.1. The molecule has 6 heteroatoms. The smallest absolute Gasteiger partial charge is 0.203 e. The van der Waals surface area contributed by atoms with Crippen LogP contribution in [0.1, 0.15) is 25.8 Å². The van der Waals surface area contributed by atoms with Crippen molar-refractivity contribution in [3.63, 3.8) is 0 Å². The standard InChI is InChI=1S/C9H17N3O2S/c1-9(2,3)14-5-4-13-6-7-11-12-8(10)15-7/h4-6H2,1-3H3,(H2,10,12). The number of nitrogens with zero attached hydrogens (tertiary/aromatic N) is 2. The molecule has 0 spiro atoms. The zero-order valence-electron chi connectivity index (χ0n) is 9.32. The van der Waals surface area contributed by atoms with E-state index >= 15 is 0 Å². The van der Waals surface area contributed by atoms with Crippen molar-refractivity contribution in [2.24, 2.45) is 0 Å². The fourth-order valence-corrected chi connectivity index (χ4v) is 1.44. The first kappa shape index (κ1) is 12.4. The van der Waals surface area contributed by atoms with Gasteiger partial charge >= 0.3 is 0 Å². The van der Waals surface area contributed by atoms with Crippen molar-refractivity contribution in [3.05, 3.63) is 5.01 Å². The summed E-state index contributed by atoms with van der Waals surface area (Å²) in [6.45, 7) is 7.62. The second kappa shape index (κ2) is 5.39. The molecule has 0 radical (unpaired) electrons. The highest BCUT2D eigenvalue weighted by Gasteiger charge is 2.09. The number of hydrogen-bond donors (Lipinski definition) is 1. The fraction of sp³-hybridized carbons (Fsp3) is 0.778. The molecule has 0 aromatic carbocycles. The number of ether oxygens (including phenoxy) is 2. The van der Waals surface area contributed by atoms with Crippen LogP contribution in [0.2, 0.25) is 0 Å². The van der Waals surface area contributed by atoms with Crippen molar-refractivity contribution < 1.29 is 9.47 Å². The molecule has 0 unspecified atom stereocenters. The summed E-state index contributed by atoms with van der Waals surface area (Å²) in [6.07, 6.45) is 0. The monoisotopic (exact) mass is 231 g/mol. The Hall–Kier alpha value is -0.720. The molecule has 1 rings (SSSR count). The molecule has 0 saturated carbocycles. The molecule has 5 nitrogen and oxygen atoms in total. The lowest BCUT2D eigenvalue weighted by Gasteiger charge is -2.19. The normalized spacial score (nSPS) is 11.9. The Bertz CT molecular complexity index is 296. The summed E-state index contributed by atoms with van der Waals surface area (Å²) < 4.78 is 10.8. The maximum atomic E-state index is 5.49. The molecule has 0 amide bonds. The second-order valence-corrected chi connectivity index (χ2v) is 5.14. The van der Waals surface area contributed by atoms with E-state index in [1.54, 1.807) is 0 Å². The summed E-state index contributed by atoms with van der Waals surface area (Å²) in [5.41, 5.74) is 5.32. The largest absolute Gasteiger partial charge is 0.374 e. The van der Waals surface area contributed by atoms with E-state index in [1.165, 1.54) is 11.3 Å². The molecule has 0 aliphatic rings. The van der Waals surface area contributed by atoms with Crippen LogP contribution in [0.25, 0.3) is 0 Å². The van der Waals surface area contributed by atoms with Crippen LogP contribution in [0.4, 0.5) is 5.13 Å². The van der Waals surface area contributed by atoms with Gasteiger partial charge in [-0.3, -0.25) is 0 Å². The molecule has 0 aliphatic carbocycles. The van der Waals surface area contributed by atoms with Crippen molar-refractivity contribution >= 4 is 16.5 Å². The minimum Gasteiger partial charge on any atom is -0.374 e. The number of anilines is 1. The van der Waals surface area contributed by atoms with Crippen LogP contribution in [0.5, 0.6) is 0 Å². The predicted molar refractivity (Wildman–Crippen MR) is 59.7 cm³/mol. The molecule has 15 heavy (non-hydrogen) atoms. The van der Waals surface area contributed by atoms with E-state index < -0.39 is 0 Å². The van der Waals surface area contributed by atoms with E-state index in [1.807, 2.05) is 20.8 Å². The van der Waals surface area contributed by atoms with Gasteiger partial charge in [0.2, 0.25) is 5.13 Å². The Morgan fingerprint density at radius 1 is 1.27 bits per heavy atom. The summed E-state index contributed by atoms with van der Waals surface area (Å²) in [5, 5.41) is 8.80. The van der Waals surface area contributed by atoms with Crippen LogP contribution in [-0.2, 0) is 16.1 Å². The minimum absolute atomic E-state index is 0.115. The molecule has 1 aromatic heterocycles. The summed E-state index contributed by atoms with van der Waals surface area (Å²) >= 11 is 1.34. The van der Waals surface area contributed by atoms with E-state index in [2.05, 4.69) is 10.2 Å². The molecule has 86 valence electrons. The SMILES string of the molecule is CC(C)(C)OCCOCc1nnc(N)s1. The topological polar surface area (TPSA) is 70.3 Å². The Morgan fingerprint density at radius 2 is 2.00 bits per heavy atom. The number of rotatable bonds is 5. The van der Waals surface area contributed by atoms with Gasteiger partial charge in [-0.05, 0) is 20.8 Å². The zero-order valence-corrected chi connectivity index (χ0v) is 10.1. The first-order chi connectivity index (χ1) is 6.97. The molecule has 0 atom stereocenters. The third-order valence-corrected chi connectivity index (χ3v) is 2.20. The molecule has 0 saturated heterocycles. The lowest BCUT2D eigenvalue weighted by Crippen LogP contribution is -2.21. The molecular formula is C9H17N3O2S. The Labute approximate surface area is 93.6 Å². The van der Waals surface area contributed by atoms with Gasteiger partial charge in [-0.15, -0.1) is 10.2 Å². The maximum absolute atomic E-state index is 5.49. The van der Waals surface area contributed by atoms with Crippen molar-refractivity contribution in [2.75, 3.05) is 18.9 Å². The Balaban J connectivity index is 2.07. The van der Waals surface area contributed by atoms with Gasteiger partial charge in [-0.2, -0.15) is 0 Å². The van der Waals surface area contributed by atoms with Gasteiger partial charge in [-0.1, -0.05) is 11.3 Å². The lowest BCUT2D eigenvalue weighted by atomic mass is 10.2. The summed E-state index contributed by atoms with van der Waals surface area (Å²) in [4.78, 5) is 0. The van der Waals surface area contributed by atoms with E-state index in [0.717, 1.165) is 5.01 Å². The first-order valence-corrected chi connectivity index (χ1v) is 5.58. The molecule has 0 fully saturated rings. The summed E-state index contributed by atoms with van der Waals surface area (Å²) in [6, 6.07) is 0. The van der Waals surface area contributed by atoms with Crippen LogP contribution >= 0.6 is 11.3 Å². The highest BCUT2D eigenvalue weighted by molar-refractivity contribution is 7.15. The quantitative estimate of drug-likeness (QED) is 0.777. The van der Waals surface area contributed by atoms with Crippen LogP contribution in [-0.4, -0.2) is 29.0 Å². The predicted octanol–water partition coefficient (Wildman–Crippen LogP) is 1.45. The van der Waals surface area contributed by atoms with Gasteiger partial charge in [0.05, 0.1) is 18.8 Å². The van der Waals surface area contributed by atoms with Gasteiger partial charge in [0.1, 0.15) is 11.6 Å². The number of aromatic nitrogens is 2. The second-order valence-electron chi connectivity index (χ2n) is 4.05. The Kier molecular flexibility index (Phi) is 4.44. The third kappa shape index (κ3) is 5.66. The average molecular weight is 231 g/mol. The van der Waals surface area contributed by atoms with Gasteiger partial charge < -0.3 is 15.2 Å². The molecule has 2 N–H and O–H groups in total. The molecule has 0 bridgehead atoms. The lowest BCUT2D eigenvalue weighted by molar-refractivity contribution is -0.0377. The van der Waals surface area contributed by atoms with Crippen molar-refractivity contribution in [1.29, 1.82) is 0 Å². The van der Waals surface area contributed by atoms with E-state index in [4.69, 9.17) is 15.2 Å². The van der Waals surface area contributed by atoms with Crippen molar-refractivity contribution in [1.82, 2.24) is 10.2 Å².